The Hall–Kier alpha value is -1.47. The zero-order chi connectivity index (χ0) is 15.7. The number of aryl methyl sites for hydroxylation is 1. The van der Waals surface area contributed by atoms with Crippen LogP contribution in [-0.4, -0.2) is 15.9 Å². The summed E-state index contributed by atoms with van der Waals surface area (Å²) in [6, 6.07) is 5.27. The second kappa shape index (κ2) is 6.34. The molecule has 3 heterocycles. The van der Waals surface area contributed by atoms with Crippen molar-refractivity contribution < 1.29 is 4.79 Å². The molecule has 1 amide bonds. The topological polar surface area (TPSA) is 54.9 Å². The summed E-state index contributed by atoms with van der Waals surface area (Å²) >= 11 is 14.7. The smallest absolute Gasteiger partial charge is 0.259 e. The standard InChI is InChI=1S/C14H9Cl2N3OS2/c1-7-2-3-8(5-17-7)13(20)19-14-18-10(6-21-14)9-4-11(15)22-12(9)16/h2-6H,1H3,(H,18,19,20). The second-order valence-electron chi connectivity index (χ2n) is 4.42. The molecule has 112 valence electrons. The second-order valence-corrected chi connectivity index (χ2v) is 7.56. The van der Waals surface area contributed by atoms with Crippen LogP contribution in [0.15, 0.2) is 29.8 Å². The SMILES string of the molecule is Cc1ccc(C(=O)Nc2nc(-c3cc(Cl)sc3Cl)cs2)cn1. The van der Waals surface area contributed by atoms with Crippen molar-refractivity contribution in [3.8, 4) is 11.3 Å². The third-order valence-electron chi connectivity index (χ3n) is 2.83. The third-order valence-corrected chi connectivity index (χ3v) is 5.08. The minimum Gasteiger partial charge on any atom is -0.298 e. The number of thiazole rings is 1. The highest BCUT2D eigenvalue weighted by Crippen LogP contribution is 2.38. The van der Waals surface area contributed by atoms with Crippen LogP contribution in [0, 0.1) is 6.92 Å². The highest BCUT2D eigenvalue weighted by Gasteiger charge is 2.14. The zero-order valence-electron chi connectivity index (χ0n) is 11.3. The van der Waals surface area contributed by atoms with Crippen LogP contribution < -0.4 is 5.32 Å². The van der Waals surface area contributed by atoms with Crippen molar-refractivity contribution in [2.24, 2.45) is 0 Å². The van der Waals surface area contributed by atoms with Crippen LogP contribution in [-0.2, 0) is 0 Å². The Labute approximate surface area is 144 Å². The van der Waals surface area contributed by atoms with Crippen molar-refractivity contribution in [3.63, 3.8) is 0 Å². The molecule has 0 unspecified atom stereocenters. The van der Waals surface area contributed by atoms with Crippen LogP contribution in [0.4, 0.5) is 5.13 Å². The molecule has 0 aromatic carbocycles. The van der Waals surface area contributed by atoms with Gasteiger partial charge >= 0.3 is 0 Å². The molecule has 1 N–H and O–H groups in total. The maximum absolute atomic E-state index is 12.1. The molecule has 0 bridgehead atoms. The minimum atomic E-state index is -0.247. The largest absolute Gasteiger partial charge is 0.298 e. The van der Waals surface area contributed by atoms with Crippen molar-refractivity contribution in [3.05, 3.63) is 49.7 Å². The maximum atomic E-state index is 12.1. The molecular weight excluding hydrogens is 361 g/mol. The van der Waals surface area contributed by atoms with Crippen LogP contribution in [0.25, 0.3) is 11.3 Å². The normalized spacial score (nSPS) is 10.7. The summed E-state index contributed by atoms with van der Waals surface area (Å²) in [4.78, 5) is 20.6. The average Bonchev–Trinajstić information content (AvgIpc) is 3.06. The van der Waals surface area contributed by atoms with E-state index in [0.29, 0.717) is 25.1 Å². The van der Waals surface area contributed by atoms with Gasteiger partial charge in [0.25, 0.3) is 5.91 Å². The number of pyridine rings is 1. The van der Waals surface area contributed by atoms with Gasteiger partial charge in [0.1, 0.15) is 4.34 Å². The van der Waals surface area contributed by atoms with Crippen molar-refractivity contribution in [1.29, 1.82) is 0 Å². The number of anilines is 1. The Morgan fingerprint density at radius 3 is 2.77 bits per heavy atom. The van der Waals surface area contributed by atoms with Gasteiger partial charge in [-0.3, -0.25) is 15.1 Å². The van der Waals surface area contributed by atoms with E-state index in [1.807, 2.05) is 12.3 Å². The van der Waals surface area contributed by atoms with Gasteiger partial charge in [0, 0.05) is 22.8 Å². The molecule has 3 aromatic heterocycles. The molecule has 0 fully saturated rings. The van der Waals surface area contributed by atoms with Crippen molar-refractivity contribution in [2.75, 3.05) is 5.32 Å². The summed E-state index contributed by atoms with van der Waals surface area (Å²) in [6.45, 7) is 1.87. The summed E-state index contributed by atoms with van der Waals surface area (Å²) < 4.78 is 1.18. The molecule has 3 rings (SSSR count). The van der Waals surface area contributed by atoms with Gasteiger partial charge in [0.2, 0.25) is 0 Å². The molecule has 4 nitrogen and oxygen atoms in total. The Balaban J connectivity index is 1.78. The lowest BCUT2D eigenvalue weighted by Gasteiger charge is -2.01. The fourth-order valence-electron chi connectivity index (χ4n) is 1.74. The number of nitrogens with zero attached hydrogens (tertiary/aromatic N) is 2. The van der Waals surface area contributed by atoms with E-state index in [1.54, 1.807) is 18.2 Å². The minimum absolute atomic E-state index is 0.247. The molecule has 0 aliphatic rings. The molecule has 0 saturated heterocycles. The van der Waals surface area contributed by atoms with E-state index >= 15 is 0 Å². The number of hydrogen-bond donors (Lipinski definition) is 1. The fraction of sp³-hybridized carbons (Fsp3) is 0.0714. The van der Waals surface area contributed by atoms with E-state index in [9.17, 15) is 4.79 Å². The molecule has 0 aliphatic heterocycles. The molecule has 0 atom stereocenters. The number of rotatable bonds is 3. The van der Waals surface area contributed by atoms with Crippen molar-refractivity contribution in [2.45, 2.75) is 6.92 Å². The number of halogens is 2. The lowest BCUT2D eigenvalue weighted by atomic mass is 10.2. The van der Waals surface area contributed by atoms with Gasteiger partial charge in [-0.1, -0.05) is 23.2 Å². The number of nitrogens with one attached hydrogen (secondary N) is 1. The third kappa shape index (κ3) is 3.30. The lowest BCUT2D eigenvalue weighted by molar-refractivity contribution is 0.102. The van der Waals surface area contributed by atoms with Gasteiger partial charge in [0.05, 0.1) is 15.6 Å². The Morgan fingerprint density at radius 1 is 1.32 bits per heavy atom. The van der Waals surface area contributed by atoms with Gasteiger partial charge in [-0.2, -0.15) is 0 Å². The summed E-state index contributed by atoms with van der Waals surface area (Å²) in [5, 5.41) is 5.08. The van der Waals surface area contributed by atoms with Gasteiger partial charge < -0.3 is 0 Å². The van der Waals surface area contributed by atoms with Crippen LogP contribution >= 0.6 is 45.9 Å². The number of hydrogen-bond acceptors (Lipinski definition) is 5. The van der Waals surface area contributed by atoms with Crippen molar-refractivity contribution in [1.82, 2.24) is 9.97 Å². The number of amides is 1. The first-order valence-electron chi connectivity index (χ1n) is 6.17. The van der Waals surface area contributed by atoms with E-state index in [-0.39, 0.29) is 5.91 Å². The number of aromatic nitrogens is 2. The first kappa shape index (κ1) is 15.4. The van der Waals surface area contributed by atoms with Gasteiger partial charge in [0.15, 0.2) is 5.13 Å². The maximum Gasteiger partial charge on any atom is 0.259 e. The first-order chi connectivity index (χ1) is 10.5. The van der Waals surface area contributed by atoms with E-state index in [0.717, 1.165) is 11.3 Å². The highest BCUT2D eigenvalue weighted by molar-refractivity contribution is 7.20. The summed E-state index contributed by atoms with van der Waals surface area (Å²) in [6.07, 6.45) is 1.54. The van der Waals surface area contributed by atoms with E-state index in [4.69, 9.17) is 23.2 Å². The highest BCUT2D eigenvalue weighted by atomic mass is 35.5. The quantitative estimate of drug-likeness (QED) is 0.695. The number of thiophene rings is 1. The average molecular weight is 370 g/mol. The van der Waals surface area contributed by atoms with Gasteiger partial charge in [-0.05, 0) is 25.1 Å². The van der Waals surface area contributed by atoms with E-state index in [1.165, 1.54) is 28.9 Å². The number of carbonyl (C=O) groups excluding carboxylic acids is 1. The van der Waals surface area contributed by atoms with E-state index < -0.39 is 0 Å². The van der Waals surface area contributed by atoms with Crippen LogP contribution in [0.1, 0.15) is 16.1 Å². The zero-order valence-corrected chi connectivity index (χ0v) is 14.4. The molecule has 0 spiro atoms. The van der Waals surface area contributed by atoms with Gasteiger partial charge in [-0.15, -0.1) is 22.7 Å². The molecule has 0 aliphatic carbocycles. The first-order valence-corrected chi connectivity index (χ1v) is 8.63. The van der Waals surface area contributed by atoms with Crippen LogP contribution in [0.2, 0.25) is 8.67 Å². The predicted molar refractivity (Wildman–Crippen MR) is 92.4 cm³/mol. The Bertz CT molecular complexity index is 827. The van der Waals surface area contributed by atoms with Crippen LogP contribution in [0.5, 0.6) is 0 Å². The fourth-order valence-corrected chi connectivity index (χ4v) is 3.93. The molecular formula is C14H9Cl2N3OS2. The Morgan fingerprint density at radius 2 is 2.14 bits per heavy atom. The summed E-state index contributed by atoms with van der Waals surface area (Å²) in [7, 11) is 0. The van der Waals surface area contributed by atoms with Crippen LogP contribution in [0.3, 0.4) is 0 Å². The molecule has 22 heavy (non-hydrogen) atoms. The molecule has 0 radical (unpaired) electrons. The van der Waals surface area contributed by atoms with Crippen molar-refractivity contribution >= 4 is 56.9 Å². The summed E-state index contributed by atoms with van der Waals surface area (Å²) in [5.41, 5.74) is 2.80. The lowest BCUT2D eigenvalue weighted by Crippen LogP contribution is -2.12. The monoisotopic (exact) mass is 369 g/mol. The molecule has 8 heteroatoms. The number of carbonyl (C=O) groups is 1. The molecule has 3 aromatic rings. The molecule has 0 saturated carbocycles. The van der Waals surface area contributed by atoms with E-state index in [2.05, 4.69) is 15.3 Å². The summed E-state index contributed by atoms with van der Waals surface area (Å²) in [5.74, 6) is -0.247. The van der Waals surface area contributed by atoms with Gasteiger partial charge in [-0.25, -0.2) is 4.98 Å². The predicted octanol–water partition coefficient (Wildman–Crippen LogP) is 5.13. The Kier molecular flexibility index (Phi) is 4.44.